The molecule has 0 spiro atoms. The van der Waals surface area contributed by atoms with E-state index >= 15 is 0 Å². The maximum Gasteiger partial charge on any atom is 0.131 e. The lowest BCUT2D eigenvalue weighted by Gasteiger charge is -2.06. The van der Waals surface area contributed by atoms with Crippen molar-refractivity contribution in [3.05, 3.63) is 29.6 Å². The summed E-state index contributed by atoms with van der Waals surface area (Å²) >= 11 is 3.30. The summed E-state index contributed by atoms with van der Waals surface area (Å²) in [6.45, 7) is 1.88. The number of hydrogen-bond donors (Lipinski definition) is 0. The maximum absolute atomic E-state index is 13.2. The molecule has 0 N–H and O–H groups in total. The molecule has 0 radical (unpaired) electrons. The van der Waals surface area contributed by atoms with Gasteiger partial charge in [-0.2, -0.15) is 0 Å². The molecule has 66 valence electrons. The second kappa shape index (κ2) is 3.90. The summed E-state index contributed by atoms with van der Waals surface area (Å²) in [5.41, 5.74) is 0.649. The Labute approximate surface area is 79.7 Å². The van der Waals surface area contributed by atoms with Crippen molar-refractivity contribution in [2.24, 2.45) is 0 Å². The number of methoxy groups -OCH3 is 1. The summed E-state index contributed by atoms with van der Waals surface area (Å²) in [4.78, 5) is 0.0309. The third kappa shape index (κ3) is 1.97. The molecule has 1 aromatic rings. The Morgan fingerprint density at radius 2 is 2.17 bits per heavy atom. The Morgan fingerprint density at radius 3 is 2.58 bits per heavy atom. The van der Waals surface area contributed by atoms with E-state index in [4.69, 9.17) is 4.74 Å². The molecule has 0 amide bonds. The monoisotopic (exact) mass is 232 g/mol. The van der Waals surface area contributed by atoms with E-state index in [1.807, 2.05) is 6.92 Å². The minimum Gasteiger partial charge on any atom is -0.497 e. The van der Waals surface area contributed by atoms with Gasteiger partial charge in [-0.15, -0.1) is 0 Å². The molecular formula is C9H10BrFO. The van der Waals surface area contributed by atoms with Gasteiger partial charge < -0.3 is 4.74 Å². The number of benzene rings is 1. The van der Waals surface area contributed by atoms with Crippen molar-refractivity contribution >= 4 is 15.9 Å². The van der Waals surface area contributed by atoms with Crippen LogP contribution in [0.25, 0.3) is 0 Å². The SMILES string of the molecule is COc1ccc(C(C)Br)c(F)c1. The summed E-state index contributed by atoms with van der Waals surface area (Å²) in [6, 6.07) is 4.84. The molecule has 1 atom stereocenters. The van der Waals surface area contributed by atoms with Crippen LogP contribution in [-0.4, -0.2) is 7.11 Å². The van der Waals surface area contributed by atoms with Crippen LogP contribution >= 0.6 is 15.9 Å². The average molecular weight is 233 g/mol. The predicted molar refractivity (Wildman–Crippen MR) is 50.3 cm³/mol. The molecule has 1 aromatic carbocycles. The molecule has 1 unspecified atom stereocenters. The Hall–Kier alpha value is -0.570. The van der Waals surface area contributed by atoms with Gasteiger partial charge in [0.25, 0.3) is 0 Å². The van der Waals surface area contributed by atoms with Crippen LogP contribution in [0.1, 0.15) is 17.3 Å². The molecule has 0 aromatic heterocycles. The van der Waals surface area contributed by atoms with Crippen LogP contribution in [0.2, 0.25) is 0 Å². The van der Waals surface area contributed by atoms with Crippen molar-refractivity contribution < 1.29 is 9.13 Å². The molecule has 0 aliphatic carbocycles. The molecule has 1 rings (SSSR count). The van der Waals surface area contributed by atoms with Gasteiger partial charge in [0, 0.05) is 16.5 Å². The van der Waals surface area contributed by atoms with E-state index in [0.29, 0.717) is 11.3 Å². The molecule has 0 fully saturated rings. The third-order valence-corrected chi connectivity index (χ3v) is 2.13. The van der Waals surface area contributed by atoms with Crippen LogP contribution < -0.4 is 4.74 Å². The smallest absolute Gasteiger partial charge is 0.131 e. The molecule has 1 nitrogen and oxygen atoms in total. The van der Waals surface area contributed by atoms with E-state index in [2.05, 4.69) is 15.9 Å². The summed E-state index contributed by atoms with van der Waals surface area (Å²) in [5.74, 6) is 0.308. The van der Waals surface area contributed by atoms with Crippen LogP contribution in [0.5, 0.6) is 5.75 Å². The van der Waals surface area contributed by atoms with E-state index in [0.717, 1.165) is 0 Å². The molecule has 3 heteroatoms. The van der Waals surface area contributed by atoms with Gasteiger partial charge in [0.1, 0.15) is 11.6 Å². The molecule has 0 aliphatic heterocycles. The second-order valence-electron chi connectivity index (χ2n) is 2.50. The number of hydrogen-bond acceptors (Lipinski definition) is 1. The highest BCUT2D eigenvalue weighted by Crippen LogP contribution is 2.26. The summed E-state index contributed by atoms with van der Waals surface area (Å²) in [7, 11) is 1.52. The van der Waals surface area contributed by atoms with Gasteiger partial charge in [0.05, 0.1) is 7.11 Å². The minimum absolute atomic E-state index is 0.0309. The van der Waals surface area contributed by atoms with Gasteiger partial charge >= 0.3 is 0 Å². The standard InChI is InChI=1S/C9H10BrFO/c1-6(10)8-4-3-7(12-2)5-9(8)11/h3-6H,1-2H3. The predicted octanol–water partition coefficient (Wildman–Crippen LogP) is 3.29. The highest BCUT2D eigenvalue weighted by atomic mass is 79.9. The third-order valence-electron chi connectivity index (χ3n) is 1.64. The number of rotatable bonds is 2. The summed E-state index contributed by atoms with van der Waals surface area (Å²) in [5, 5.41) is 0. The largest absolute Gasteiger partial charge is 0.497 e. The molecular weight excluding hydrogens is 223 g/mol. The van der Waals surface area contributed by atoms with Gasteiger partial charge in [0.2, 0.25) is 0 Å². The highest BCUT2D eigenvalue weighted by Gasteiger charge is 2.07. The van der Waals surface area contributed by atoms with E-state index in [1.54, 1.807) is 12.1 Å². The van der Waals surface area contributed by atoms with Crippen LogP contribution in [0.3, 0.4) is 0 Å². The first-order valence-corrected chi connectivity index (χ1v) is 4.54. The fourth-order valence-corrected chi connectivity index (χ4v) is 1.33. The lowest BCUT2D eigenvalue weighted by molar-refractivity contribution is 0.410. The highest BCUT2D eigenvalue weighted by molar-refractivity contribution is 9.09. The van der Waals surface area contributed by atoms with Crippen LogP contribution in [0.4, 0.5) is 4.39 Å². The summed E-state index contributed by atoms with van der Waals surface area (Å²) < 4.78 is 18.1. The number of alkyl halides is 1. The van der Waals surface area contributed by atoms with E-state index in [1.165, 1.54) is 13.2 Å². The van der Waals surface area contributed by atoms with Gasteiger partial charge in [0.15, 0.2) is 0 Å². The lowest BCUT2D eigenvalue weighted by atomic mass is 10.1. The Balaban J connectivity index is 3.03. The van der Waals surface area contributed by atoms with Gasteiger partial charge in [-0.05, 0) is 13.0 Å². The van der Waals surface area contributed by atoms with Gasteiger partial charge in [-0.1, -0.05) is 22.0 Å². The zero-order valence-corrected chi connectivity index (χ0v) is 8.56. The Kier molecular flexibility index (Phi) is 3.09. The number of halogens is 2. The van der Waals surface area contributed by atoms with Crippen molar-refractivity contribution in [3.63, 3.8) is 0 Å². The average Bonchev–Trinajstić information content (AvgIpc) is 2.03. The normalized spacial score (nSPS) is 12.7. The van der Waals surface area contributed by atoms with Crippen molar-refractivity contribution in [2.75, 3.05) is 7.11 Å². The zero-order valence-electron chi connectivity index (χ0n) is 6.97. The Bertz CT molecular complexity index is 273. The molecule has 0 heterocycles. The Morgan fingerprint density at radius 1 is 1.50 bits per heavy atom. The van der Waals surface area contributed by atoms with E-state index in [-0.39, 0.29) is 10.6 Å². The molecule has 12 heavy (non-hydrogen) atoms. The minimum atomic E-state index is -0.237. The van der Waals surface area contributed by atoms with Crippen LogP contribution in [-0.2, 0) is 0 Å². The van der Waals surface area contributed by atoms with E-state index < -0.39 is 0 Å². The first-order chi connectivity index (χ1) is 5.65. The van der Waals surface area contributed by atoms with Crippen molar-refractivity contribution in [2.45, 2.75) is 11.8 Å². The quantitative estimate of drug-likeness (QED) is 0.712. The molecule has 0 bridgehead atoms. The van der Waals surface area contributed by atoms with Gasteiger partial charge in [-0.3, -0.25) is 0 Å². The molecule has 0 aliphatic rings. The maximum atomic E-state index is 13.2. The molecule has 0 saturated heterocycles. The fourth-order valence-electron chi connectivity index (χ4n) is 0.957. The number of ether oxygens (including phenoxy) is 1. The fraction of sp³-hybridized carbons (Fsp3) is 0.333. The van der Waals surface area contributed by atoms with E-state index in [9.17, 15) is 4.39 Å². The van der Waals surface area contributed by atoms with Crippen molar-refractivity contribution in [1.82, 2.24) is 0 Å². The summed E-state index contributed by atoms with van der Waals surface area (Å²) in [6.07, 6.45) is 0. The zero-order chi connectivity index (χ0) is 9.14. The van der Waals surface area contributed by atoms with Gasteiger partial charge in [-0.25, -0.2) is 4.39 Å². The first kappa shape index (κ1) is 9.52. The first-order valence-electron chi connectivity index (χ1n) is 3.62. The second-order valence-corrected chi connectivity index (χ2v) is 3.88. The molecule has 0 saturated carbocycles. The van der Waals surface area contributed by atoms with Crippen molar-refractivity contribution in [1.29, 1.82) is 0 Å². The van der Waals surface area contributed by atoms with Crippen LogP contribution in [0.15, 0.2) is 18.2 Å². The lowest BCUT2D eigenvalue weighted by Crippen LogP contribution is -1.91. The van der Waals surface area contributed by atoms with Crippen LogP contribution in [0, 0.1) is 5.82 Å². The van der Waals surface area contributed by atoms with Crippen molar-refractivity contribution in [3.8, 4) is 5.75 Å². The topological polar surface area (TPSA) is 9.23 Å².